The van der Waals surface area contributed by atoms with E-state index >= 15 is 0 Å². The zero-order chi connectivity index (χ0) is 15.7. The number of rotatable bonds is 4. The lowest BCUT2D eigenvalue weighted by Crippen LogP contribution is -2.38. The number of benzene rings is 1. The Morgan fingerprint density at radius 3 is 2.86 bits per heavy atom. The van der Waals surface area contributed by atoms with Crippen LogP contribution in [0.1, 0.15) is 28.8 Å². The van der Waals surface area contributed by atoms with Crippen LogP contribution in [-0.2, 0) is 5.60 Å². The number of hydrogen-bond acceptors (Lipinski definition) is 4. The highest BCUT2D eigenvalue weighted by atomic mass is 16.4. The predicted molar refractivity (Wildman–Crippen MR) is 81.6 cm³/mol. The van der Waals surface area contributed by atoms with Crippen molar-refractivity contribution in [3.8, 4) is 0 Å². The lowest BCUT2D eigenvalue weighted by molar-refractivity contribution is 0.0326. The molecular formula is C17H17NO4. The van der Waals surface area contributed by atoms with Crippen LogP contribution in [0.25, 0.3) is 11.0 Å². The van der Waals surface area contributed by atoms with Crippen molar-refractivity contribution in [3.63, 3.8) is 0 Å². The fraction of sp³-hybridized carbons (Fsp3) is 0.235. The Morgan fingerprint density at radius 1 is 1.32 bits per heavy atom. The van der Waals surface area contributed by atoms with Crippen molar-refractivity contribution in [2.45, 2.75) is 19.4 Å². The quantitative estimate of drug-likeness (QED) is 0.776. The molecule has 0 bridgehead atoms. The molecule has 0 aliphatic heterocycles. The molecule has 1 aromatic carbocycles. The number of aryl methyl sites for hydroxylation is 1. The van der Waals surface area contributed by atoms with Crippen molar-refractivity contribution in [1.29, 1.82) is 0 Å². The van der Waals surface area contributed by atoms with Gasteiger partial charge in [-0.15, -0.1) is 0 Å². The van der Waals surface area contributed by atoms with E-state index in [1.807, 2.05) is 25.1 Å². The fourth-order valence-electron chi connectivity index (χ4n) is 2.29. The van der Waals surface area contributed by atoms with Gasteiger partial charge in [-0.2, -0.15) is 0 Å². The molecule has 3 aromatic rings. The molecule has 22 heavy (non-hydrogen) atoms. The summed E-state index contributed by atoms with van der Waals surface area (Å²) < 4.78 is 10.7. The van der Waals surface area contributed by atoms with Crippen molar-refractivity contribution >= 4 is 16.9 Å². The minimum Gasteiger partial charge on any atom is -0.466 e. The maximum atomic E-state index is 12.2. The number of aliphatic hydroxyl groups is 1. The SMILES string of the molecule is Cc1ccc2oc(C(=O)NCC(C)(O)c3ccco3)cc2c1. The number of furan rings is 2. The van der Waals surface area contributed by atoms with Crippen LogP contribution in [0.5, 0.6) is 0 Å². The summed E-state index contributed by atoms with van der Waals surface area (Å²) in [6.45, 7) is 3.58. The first-order chi connectivity index (χ1) is 10.5. The lowest BCUT2D eigenvalue weighted by atomic mass is 10.0. The highest BCUT2D eigenvalue weighted by molar-refractivity contribution is 5.96. The molecule has 2 heterocycles. The molecule has 3 rings (SSSR count). The third kappa shape index (κ3) is 2.76. The molecule has 5 heteroatoms. The van der Waals surface area contributed by atoms with Crippen LogP contribution in [0.4, 0.5) is 0 Å². The van der Waals surface area contributed by atoms with Gasteiger partial charge in [-0.3, -0.25) is 4.79 Å². The second-order valence-corrected chi connectivity index (χ2v) is 5.59. The number of hydrogen-bond donors (Lipinski definition) is 2. The van der Waals surface area contributed by atoms with E-state index in [4.69, 9.17) is 8.83 Å². The van der Waals surface area contributed by atoms with Gasteiger partial charge in [0.2, 0.25) is 0 Å². The van der Waals surface area contributed by atoms with E-state index in [9.17, 15) is 9.90 Å². The highest BCUT2D eigenvalue weighted by Gasteiger charge is 2.27. The standard InChI is InChI=1S/C17H17NO4/c1-11-5-6-13-12(8-11)9-14(22-13)16(19)18-10-17(2,20)15-4-3-7-21-15/h3-9,20H,10H2,1-2H3,(H,18,19). The summed E-state index contributed by atoms with van der Waals surface area (Å²) in [6, 6.07) is 10.8. The third-order valence-corrected chi connectivity index (χ3v) is 3.54. The van der Waals surface area contributed by atoms with Gasteiger partial charge in [-0.25, -0.2) is 0 Å². The Hall–Kier alpha value is -2.53. The van der Waals surface area contributed by atoms with Gasteiger partial charge < -0.3 is 19.3 Å². The predicted octanol–water partition coefficient (Wildman–Crippen LogP) is 2.97. The molecule has 0 radical (unpaired) electrons. The van der Waals surface area contributed by atoms with Crippen LogP contribution in [0.2, 0.25) is 0 Å². The minimum atomic E-state index is -1.28. The normalized spacial score (nSPS) is 14.0. The van der Waals surface area contributed by atoms with Crippen molar-refractivity contribution < 1.29 is 18.7 Å². The highest BCUT2D eigenvalue weighted by Crippen LogP contribution is 2.22. The molecule has 0 saturated carbocycles. The van der Waals surface area contributed by atoms with Gasteiger partial charge in [0.1, 0.15) is 16.9 Å². The number of carbonyl (C=O) groups is 1. The van der Waals surface area contributed by atoms with Gasteiger partial charge >= 0.3 is 0 Å². The zero-order valence-electron chi connectivity index (χ0n) is 12.4. The van der Waals surface area contributed by atoms with Gasteiger partial charge in [0.05, 0.1) is 12.8 Å². The molecule has 2 N–H and O–H groups in total. The fourth-order valence-corrected chi connectivity index (χ4v) is 2.29. The van der Waals surface area contributed by atoms with E-state index in [1.165, 1.54) is 6.26 Å². The van der Waals surface area contributed by atoms with Crippen molar-refractivity contribution in [2.24, 2.45) is 0 Å². The monoisotopic (exact) mass is 299 g/mol. The number of nitrogens with one attached hydrogen (secondary N) is 1. The molecule has 114 valence electrons. The second kappa shape index (κ2) is 5.35. The summed E-state index contributed by atoms with van der Waals surface area (Å²) in [7, 11) is 0. The average molecular weight is 299 g/mol. The molecule has 5 nitrogen and oxygen atoms in total. The first-order valence-corrected chi connectivity index (χ1v) is 7.00. The third-order valence-electron chi connectivity index (χ3n) is 3.54. The van der Waals surface area contributed by atoms with Crippen LogP contribution in [0.15, 0.2) is 51.5 Å². The molecule has 0 aliphatic carbocycles. The van der Waals surface area contributed by atoms with Gasteiger partial charge in [-0.1, -0.05) is 11.6 Å². The first kappa shape index (κ1) is 14.4. The molecular weight excluding hydrogens is 282 g/mol. The molecule has 1 unspecified atom stereocenters. The summed E-state index contributed by atoms with van der Waals surface area (Å²) in [4.78, 5) is 12.2. The minimum absolute atomic E-state index is 0.0232. The number of fused-ring (bicyclic) bond motifs is 1. The van der Waals surface area contributed by atoms with E-state index in [0.717, 1.165) is 10.9 Å². The summed E-state index contributed by atoms with van der Waals surface area (Å²) in [5.41, 5.74) is 0.483. The summed E-state index contributed by atoms with van der Waals surface area (Å²) >= 11 is 0. The Labute approximate surface area is 127 Å². The number of amides is 1. The Morgan fingerprint density at radius 2 is 2.14 bits per heavy atom. The van der Waals surface area contributed by atoms with E-state index < -0.39 is 5.60 Å². The summed E-state index contributed by atoms with van der Waals surface area (Å²) in [5, 5.41) is 13.8. The van der Waals surface area contributed by atoms with Crippen LogP contribution < -0.4 is 5.32 Å². The molecule has 2 aromatic heterocycles. The number of carbonyl (C=O) groups excluding carboxylic acids is 1. The molecule has 0 aliphatic rings. The van der Waals surface area contributed by atoms with Crippen molar-refractivity contribution in [1.82, 2.24) is 5.32 Å². The van der Waals surface area contributed by atoms with Crippen LogP contribution in [0.3, 0.4) is 0 Å². The smallest absolute Gasteiger partial charge is 0.287 e. The lowest BCUT2D eigenvalue weighted by Gasteiger charge is -2.20. The van der Waals surface area contributed by atoms with E-state index in [-0.39, 0.29) is 18.2 Å². The van der Waals surface area contributed by atoms with Crippen LogP contribution in [0, 0.1) is 6.92 Å². The average Bonchev–Trinajstić information content (AvgIpc) is 3.13. The van der Waals surface area contributed by atoms with Gasteiger partial charge in [0.15, 0.2) is 5.76 Å². The van der Waals surface area contributed by atoms with E-state index in [0.29, 0.717) is 11.3 Å². The van der Waals surface area contributed by atoms with Crippen LogP contribution >= 0.6 is 0 Å². The second-order valence-electron chi connectivity index (χ2n) is 5.59. The van der Waals surface area contributed by atoms with Gasteiger partial charge in [0, 0.05) is 5.39 Å². The summed E-state index contributed by atoms with van der Waals surface area (Å²) in [5.74, 6) is 0.240. The topological polar surface area (TPSA) is 75.6 Å². The maximum absolute atomic E-state index is 12.2. The molecule has 1 amide bonds. The van der Waals surface area contributed by atoms with E-state index in [1.54, 1.807) is 25.1 Å². The van der Waals surface area contributed by atoms with Crippen molar-refractivity contribution in [3.05, 3.63) is 59.7 Å². The Kier molecular flexibility index (Phi) is 3.50. The molecule has 0 fully saturated rings. The molecule has 1 atom stereocenters. The maximum Gasteiger partial charge on any atom is 0.287 e. The Balaban J connectivity index is 1.73. The molecule has 0 spiro atoms. The van der Waals surface area contributed by atoms with Crippen LogP contribution in [-0.4, -0.2) is 17.6 Å². The Bertz CT molecular complexity index is 799. The van der Waals surface area contributed by atoms with Crippen molar-refractivity contribution in [2.75, 3.05) is 6.54 Å². The first-order valence-electron chi connectivity index (χ1n) is 7.00. The van der Waals surface area contributed by atoms with Gasteiger partial charge in [-0.05, 0) is 44.2 Å². The summed E-state index contributed by atoms with van der Waals surface area (Å²) in [6.07, 6.45) is 1.48. The largest absolute Gasteiger partial charge is 0.466 e. The molecule has 0 saturated heterocycles. The van der Waals surface area contributed by atoms with E-state index in [2.05, 4.69) is 5.32 Å². The van der Waals surface area contributed by atoms with Gasteiger partial charge in [0.25, 0.3) is 5.91 Å². The zero-order valence-corrected chi connectivity index (χ0v) is 12.4.